The first kappa shape index (κ1) is 9.36. The maximum Gasteiger partial charge on any atom is 0.210 e. The van der Waals surface area contributed by atoms with Gasteiger partial charge in [0.1, 0.15) is 0 Å². The van der Waals surface area contributed by atoms with Crippen LogP contribution in [0.1, 0.15) is 26.2 Å². The lowest BCUT2D eigenvalue weighted by Crippen LogP contribution is -2.14. The lowest BCUT2D eigenvalue weighted by Gasteiger charge is -2.00. The van der Waals surface area contributed by atoms with Crippen LogP contribution in [-0.2, 0) is 0 Å². The lowest BCUT2D eigenvalue weighted by molar-refractivity contribution is -0.519. The third-order valence-electron chi connectivity index (χ3n) is 1.39. The summed E-state index contributed by atoms with van der Waals surface area (Å²) in [7, 11) is 0. The highest BCUT2D eigenvalue weighted by molar-refractivity contribution is 4.48. The molecular weight excluding hydrogens is 134 g/mol. The van der Waals surface area contributed by atoms with Gasteiger partial charge in [-0.05, 0) is 12.8 Å². The molecule has 0 saturated heterocycles. The van der Waals surface area contributed by atoms with Crippen LogP contribution >= 0.6 is 0 Å². The molecule has 0 amide bonds. The van der Waals surface area contributed by atoms with Gasteiger partial charge in [-0.15, -0.1) is 0 Å². The maximum absolute atomic E-state index is 10.0. The smallest absolute Gasteiger partial charge is 0.210 e. The van der Waals surface area contributed by atoms with Gasteiger partial charge < -0.3 is 5.11 Å². The number of aliphatic hydroxyl groups excluding tert-OH is 1. The first-order valence-corrected chi connectivity index (χ1v) is 3.43. The van der Waals surface area contributed by atoms with E-state index in [1.807, 2.05) is 0 Å². The van der Waals surface area contributed by atoms with Gasteiger partial charge in [0, 0.05) is 24.9 Å². The van der Waals surface area contributed by atoms with E-state index in [0.717, 1.165) is 6.42 Å². The van der Waals surface area contributed by atoms with Crippen molar-refractivity contribution in [1.29, 1.82) is 0 Å². The average molecular weight is 147 g/mol. The van der Waals surface area contributed by atoms with Crippen LogP contribution in [0.25, 0.3) is 0 Å². The molecule has 1 atom stereocenters. The molecular formula is C6H13NO3. The minimum Gasteiger partial charge on any atom is -0.396 e. The van der Waals surface area contributed by atoms with E-state index in [9.17, 15) is 10.1 Å². The van der Waals surface area contributed by atoms with Gasteiger partial charge in [0.15, 0.2) is 0 Å². The topological polar surface area (TPSA) is 63.4 Å². The van der Waals surface area contributed by atoms with Crippen molar-refractivity contribution in [2.45, 2.75) is 32.2 Å². The molecule has 1 unspecified atom stereocenters. The molecule has 0 aliphatic heterocycles. The van der Waals surface area contributed by atoms with Gasteiger partial charge in [-0.1, -0.05) is 0 Å². The van der Waals surface area contributed by atoms with Gasteiger partial charge in [-0.3, -0.25) is 10.1 Å². The van der Waals surface area contributed by atoms with Gasteiger partial charge in [-0.25, -0.2) is 0 Å². The summed E-state index contributed by atoms with van der Waals surface area (Å²) >= 11 is 0. The van der Waals surface area contributed by atoms with E-state index < -0.39 is 6.04 Å². The van der Waals surface area contributed by atoms with Crippen LogP contribution in [0.3, 0.4) is 0 Å². The van der Waals surface area contributed by atoms with Crippen LogP contribution in [0.2, 0.25) is 0 Å². The Labute approximate surface area is 60.0 Å². The van der Waals surface area contributed by atoms with Gasteiger partial charge in [0.05, 0.1) is 0 Å². The molecule has 0 fully saturated rings. The summed E-state index contributed by atoms with van der Waals surface area (Å²) in [5.74, 6) is 0. The Morgan fingerprint density at radius 2 is 2.20 bits per heavy atom. The summed E-state index contributed by atoms with van der Waals surface area (Å²) in [5, 5.41) is 18.4. The fraction of sp³-hybridized carbons (Fsp3) is 1.00. The molecule has 0 heterocycles. The summed E-state index contributed by atoms with van der Waals surface area (Å²) < 4.78 is 0. The van der Waals surface area contributed by atoms with Crippen molar-refractivity contribution in [2.24, 2.45) is 0 Å². The van der Waals surface area contributed by atoms with Crippen LogP contribution in [0, 0.1) is 10.1 Å². The highest BCUT2D eigenvalue weighted by Crippen LogP contribution is 2.01. The second-order valence-electron chi connectivity index (χ2n) is 2.35. The minimum atomic E-state index is -0.466. The molecule has 4 nitrogen and oxygen atoms in total. The van der Waals surface area contributed by atoms with Crippen LogP contribution < -0.4 is 0 Å². The number of aliphatic hydroxyl groups is 1. The second-order valence-corrected chi connectivity index (χ2v) is 2.35. The van der Waals surface area contributed by atoms with Gasteiger partial charge >= 0.3 is 0 Å². The van der Waals surface area contributed by atoms with E-state index in [0.29, 0.717) is 12.8 Å². The van der Waals surface area contributed by atoms with E-state index >= 15 is 0 Å². The largest absolute Gasteiger partial charge is 0.396 e. The number of nitro groups is 1. The molecule has 0 aromatic heterocycles. The normalized spacial score (nSPS) is 13.0. The first-order chi connectivity index (χ1) is 4.68. The van der Waals surface area contributed by atoms with Crippen molar-refractivity contribution >= 4 is 0 Å². The lowest BCUT2D eigenvalue weighted by atomic mass is 10.1. The Hall–Kier alpha value is -0.640. The van der Waals surface area contributed by atoms with Crippen LogP contribution in [0.15, 0.2) is 0 Å². The van der Waals surface area contributed by atoms with Crippen LogP contribution in [0.5, 0.6) is 0 Å². The third-order valence-corrected chi connectivity index (χ3v) is 1.39. The predicted octanol–water partition coefficient (Wildman–Crippen LogP) is 0.814. The van der Waals surface area contributed by atoms with Crippen molar-refractivity contribution in [3.8, 4) is 0 Å². The van der Waals surface area contributed by atoms with Crippen molar-refractivity contribution in [1.82, 2.24) is 0 Å². The molecule has 10 heavy (non-hydrogen) atoms. The summed E-state index contributed by atoms with van der Waals surface area (Å²) in [6.07, 6.45) is 1.96. The third kappa shape index (κ3) is 4.26. The van der Waals surface area contributed by atoms with Crippen molar-refractivity contribution in [3.63, 3.8) is 0 Å². The zero-order valence-electron chi connectivity index (χ0n) is 6.12. The summed E-state index contributed by atoms with van der Waals surface area (Å²) in [5.41, 5.74) is 0. The zero-order chi connectivity index (χ0) is 7.98. The van der Waals surface area contributed by atoms with Crippen LogP contribution in [0.4, 0.5) is 0 Å². The molecule has 0 bridgehead atoms. The summed E-state index contributed by atoms with van der Waals surface area (Å²) in [6, 6.07) is -0.466. The Bertz CT molecular complexity index is 105. The molecule has 0 rings (SSSR count). The molecule has 0 spiro atoms. The quantitative estimate of drug-likeness (QED) is 0.355. The summed E-state index contributed by atoms with van der Waals surface area (Å²) in [6.45, 7) is 1.71. The highest BCUT2D eigenvalue weighted by atomic mass is 16.6. The molecule has 0 radical (unpaired) electrons. The van der Waals surface area contributed by atoms with Crippen molar-refractivity contribution in [2.75, 3.05) is 6.61 Å². The van der Waals surface area contributed by atoms with Crippen LogP contribution in [-0.4, -0.2) is 22.7 Å². The molecule has 0 aromatic rings. The maximum atomic E-state index is 10.0. The average Bonchev–Trinajstić information content (AvgIpc) is 1.88. The summed E-state index contributed by atoms with van der Waals surface area (Å²) in [4.78, 5) is 9.74. The zero-order valence-corrected chi connectivity index (χ0v) is 6.12. The molecule has 0 aliphatic carbocycles. The van der Waals surface area contributed by atoms with E-state index in [4.69, 9.17) is 5.11 Å². The Balaban J connectivity index is 3.21. The van der Waals surface area contributed by atoms with E-state index in [1.54, 1.807) is 6.92 Å². The Morgan fingerprint density at radius 1 is 1.60 bits per heavy atom. The standard InChI is InChI=1S/C6H13NO3/c1-6(7(9)10)4-2-3-5-8/h6,8H,2-5H2,1H3. The predicted molar refractivity (Wildman–Crippen MR) is 37.4 cm³/mol. The van der Waals surface area contributed by atoms with Crippen molar-refractivity contribution in [3.05, 3.63) is 10.1 Å². The number of rotatable bonds is 5. The molecule has 0 saturated carbocycles. The van der Waals surface area contributed by atoms with Gasteiger partial charge in [-0.2, -0.15) is 0 Å². The van der Waals surface area contributed by atoms with Gasteiger partial charge in [0.2, 0.25) is 6.04 Å². The van der Waals surface area contributed by atoms with E-state index in [-0.39, 0.29) is 11.5 Å². The molecule has 0 aromatic carbocycles. The Kier molecular flexibility index (Phi) is 4.84. The minimum absolute atomic E-state index is 0.129. The fourth-order valence-electron chi connectivity index (χ4n) is 0.657. The molecule has 4 heteroatoms. The highest BCUT2D eigenvalue weighted by Gasteiger charge is 2.10. The number of nitrogens with zero attached hydrogens (tertiary/aromatic N) is 1. The van der Waals surface area contributed by atoms with E-state index in [2.05, 4.69) is 0 Å². The molecule has 1 N–H and O–H groups in total. The monoisotopic (exact) mass is 147 g/mol. The molecule has 0 aliphatic rings. The van der Waals surface area contributed by atoms with Gasteiger partial charge in [0.25, 0.3) is 0 Å². The second kappa shape index (κ2) is 5.17. The van der Waals surface area contributed by atoms with Crippen molar-refractivity contribution < 1.29 is 10.0 Å². The van der Waals surface area contributed by atoms with E-state index in [1.165, 1.54) is 0 Å². The number of hydrogen-bond donors (Lipinski definition) is 1. The first-order valence-electron chi connectivity index (χ1n) is 3.43. The number of unbranched alkanes of at least 4 members (excludes halogenated alkanes) is 1. The Morgan fingerprint density at radius 3 is 2.60 bits per heavy atom. The molecule has 60 valence electrons. The number of hydrogen-bond acceptors (Lipinski definition) is 3. The fourth-order valence-corrected chi connectivity index (χ4v) is 0.657. The SMILES string of the molecule is CC(CCCCO)[N+](=O)[O-].